The summed E-state index contributed by atoms with van der Waals surface area (Å²) in [6.07, 6.45) is 11.8. The Balaban J connectivity index is 0.000000147. The third-order valence-electron chi connectivity index (χ3n) is 5.42. The van der Waals surface area contributed by atoms with Crippen molar-refractivity contribution in [3.63, 3.8) is 0 Å². The number of nitrogens with zero attached hydrogens (tertiary/aromatic N) is 2. The molecule has 0 spiro atoms. The van der Waals surface area contributed by atoms with Crippen LogP contribution in [0.5, 0.6) is 0 Å². The number of rotatable bonds is 2. The Labute approximate surface area is 233 Å². The summed E-state index contributed by atoms with van der Waals surface area (Å²) in [7, 11) is -8.54. The maximum atomic E-state index is 10.4. The summed E-state index contributed by atoms with van der Waals surface area (Å²) in [6.45, 7) is 3.64. The number of aromatic nitrogens is 2. The van der Waals surface area contributed by atoms with Gasteiger partial charge in [-0.25, -0.2) is 26.8 Å². The lowest BCUT2D eigenvalue weighted by atomic mass is 10.2. The highest BCUT2D eigenvalue weighted by molar-refractivity contribution is 7.86. The standard InChI is InChI=1S/2C7H6N2.2C7H8O3S/c2*1-2-6-3-5-9-7(6)8-4-1;2*1-6-2-4-7(5-3-6)11(8,9)10/h2*1-5H,(H,8,9);2*2-5H,1H3,(H,8,9,10). The molecule has 0 saturated heterocycles. The predicted octanol–water partition coefficient (Wildman–Crippen LogP) is 2.32. The Morgan fingerprint density at radius 3 is 1.23 bits per heavy atom. The number of hydrogen-bond acceptors (Lipinski definition) is 8. The van der Waals surface area contributed by atoms with Crippen molar-refractivity contribution in [3.05, 3.63) is 120 Å². The predicted molar refractivity (Wildman–Crippen MR) is 148 cm³/mol. The molecule has 4 aromatic rings. The van der Waals surface area contributed by atoms with E-state index in [0.29, 0.717) is 0 Å². The molecule has 4 heterocycles. The number of fused-ring (bicyclic) bond motifs is 2. The van der Waals surface area contributed by atoms with E-state index in [9.17, 15) is 25.9 Å². The topological polar surface area (TPSA) is 173 Å². The number of nitrogens with two attached hydrogens (primary N) is 2. The van der Waals surface area contributed by atoms with Crippen LogP contribution in [0.4, 0.5) is 11.6 Å². The summed E-state index contributed by atoms with van der Waals surface area (Å²) in [6, 6.07) is 19.6. The van der Waals surface area contributed by atoms with E-state index in [1.807, 2.05) is 61.4 Å². The molecule has 2 aromatic carbocycles. The van der Waals surface area contributed by atoms with Crippen LogP contribution < -0.4 is 10.6 Å². The number of benzene rings is 2. The van der Waals surface area contributed by atoms with Gasteiger partial charge in [-0.1, -0.05) is 35.4 Å². The third kappa shape index (κ3) is 9.61. The maximum absolute atomic E-state index is 10.4. The molecule has 40 heavy (non-hydrogen) atoms. The molecular weight excluding hydrogens is 552 g/mol. The highest BCUT2D eigenvalue weighted by atomic mass is 32.2. The molecule has 0 bridgehead atoms. The van der Waals surface area contributed by atoms with Crippen molar-refractivity contribution in [1.82, 2.24) is 9.97 Å². The highest BCUT2D eigenvalue weighted by Crippen LogP contribution is 2.11. The molecule has 208 valence electrons. The van der Waals surface area contributed by atoms with Gasteiger partial charge in [0.25, 0.3) is 0 Å². The van der Waals surface area contributed by atoms with Crippen molar-refractivity contribution in [3.8, 4) is 0 Å². The van der Waals surface area contributed by atoms with Gasteiger partial charge in [0.1, 0.15) is 20.2 Å². The maximum Gasteiger partial charge on any atom is 0.236 e. The van der Waals surface area contributed by atoms with Crippen LogP contribution in [-0.2, 0) is 20.2 Å². The van der Waals surface area contributed by atoms with Crippen LogP contribution in [0.25, 0.3) is 12.2 Å². The van der Waals surface area contributed by atoms with Crippen molar-refractivity contribution in [2.45, 2.75) is 23.6 Å². The lowest BCUT2D eigenvalue weighted by Gasteiger charge is -2.05. The fraction of sp³-hybridized carbons (Fsp3) is 0.0714. The highest BCUT2D eigenvalue weighted by Gasteiger charge is 2.08. The summed E-state index contributed by atoms with van der Waals surface area (Å²) in [5, 5.41) is 4.02. The van der Waals surface area contributed by atoms with E-state index in [1.54, 1.807) is 24.3 Å². The van der Waals surface area contributed by atoms with E-state index in [0.717, 1.165) is 22.8 Å². The van der Waals surface area contributed by atoms with E-state index in [-0.39, 0.29) is 9.79 Å². The van der Waals surface area contributed by atoms with E-state index in [1.165, 1.54) is 35.4 Å². The largest absolute Gasteiger partial charge is 0.744 e. The van der Waals surface area contributed by atoms with Crippen LogP contribution in [-0.4, -0.2) is 35.9 Å². The zero-order chi connectivity index (χ0) is 29.2. The molecule has 10 nitrogen and oxygen atoms in total. The summed E-state index contributed by atoms with van der Waals surface area (Å²) < 4.78 is 62.3. The van der Waals surface area contributed by atoms with Crippen molar-refractivity contribution in [1.29, 1.82) is 0 Å². The first kappa shape index (κ1) is 30.5. The van der Waals surface area contributed by atoms with Crippen molar-refractivity contribution in [2.24, 2.45) is 0 Å². The molecule has 2 aromatic heterocycles. The van der Waals surface area contributed by atoms with Crippen LogP contribution in [0.1, 0.15) is 22.3 Å². The zero-order valence-electron chi connectivity index (χ0n) is 21.7. The second-order valence-corrected chi connectivity index (χ2v) is 11.3. The third-order valence-corrected chi connectivity index (χ3v) is 7.12. The van der Waals surface area contributed by atoms with E-state index >= 15 is 0 Å². The second-order valence-electron chi connectivity index (χ2n) is 8.54. The minimum absolute atomic E-state index is 0.178. The number of hydrogen-bond donors (Lipinski definition) is 2. The normalized spacial score (nSPS) is 12.5. The molecule has 0 amide bonds. The van der Waals surface area contributed by atoms with E-state index < -0.39 is 20.2 Å². The smallest absolute Gasteiger partial charge is 0.236 e. The second kappa shape index (κ2) is 13.8. The van der Waals surface area contributed by atoms with Gasteiger partial charge in [-0.3, -0.25) is 10.6 Å². The summed E-state index contributed by atoms with van der Waals surface area (Å²) in [4.78, 5) is 7.93. The molecule has 0 fully saturated rings. The molecule has 0 atom stereocenters. The molecule has 2 aliphatic rings. The lowest BCUT2D eigenvalue weighted by molar-refractivity contribution is -0.496. The first-order chi connectivity index (χ1) is 18.9. The van der Waals surface area contributed by atoms with Gasteiger partial charge in [0.2, 0.25) is 11.6 Å². The van der Waals surface area contributed by atoms with Crippen LogP contribution >= 0.6 is 0 Å². The first-order valence-corrected chi connectivity index (χ1v) is 14.7. The zero-order valence-corrected chi connectivity index (χ0v) is 23.3. The molecule has 4 N–H and O–H groups in total. The Morgan fingerprint density at radius 2 is 0.925 bits per heavy atom. The Morgan fingerprint density at radius 1 is 0.575 bits per heavy atom. The van der Waals surface area contributed by atoms with Gasteiger partial charge in [-0.05, 0) is 62.4 Å². The van der Waals surface area contributed by atoms with E-state index in [2.05, 4.69) is 34.3 Å². The van der Waals surface area contributed by atoms with Crippen LogP contribution in [0, 0.1) is 13.8 Å². The van der Waals surface area contributed by atoms with Crippen molar-refractivity contribution in [2.75, 3.05) is 0 Å². The number of aryl methyl sites for hydroxylation is 2. The fourth-order valence-corrected chi connectivity index (χ4v) is 4.25. The average Bonchev–Trinajstić information content (AvgIpc) is 3.59. The Hall–Kier alpha value is -4.04. The molecule has 6 rings (SSSR count). The number of quaternary nitrogens is 2. The molecule has 0 aliphatic carbocycles. The monoisotopic (exact) mass is 580 g/mol. The summed E-state index contributed by atoms with van der Waals surface area (Å²) >= 11 is 0. The summed E-state index contributed by atoms with van der Waals surface area (Å²) in [5.41, 5.74) is 4.30. The van der Waals surface area contributed by atoms with Gasteiger partial charge in [0.05, 0.1) is 33.3 Å². The van der Waals surface area contributed by atoms with Gasteiger partial charge in [0, 0.05) is 24.5 Å². The van der Waals surface area contributed by atoms with Crippen molar-refractivity contribution >= 4 is 44.0 Å². The Kier molecular flexibility index (Phi) is 10.6. The molecule has 0 saturated carbocycles. The minimum atomic E-state index is -4.27. The Bertz CT molecular complexity index is 1570. The lowest BCUT2D eigenvalue weighted by Crippen LogP contribution is -2.69. The van der Waals surface area contributed by atoms with Crippen LogP contribution in [0.15, 0.2) is 107 Å². The van der Waals surface area contributed by atoms with Gasteiger partial charge in [0.15, 0.2) is 0 Å². The molecule has 0 radical (unpaired) electrons. The summed E-state index contributed by atoms with van der Waals surface area (Å²) in [5.74, 6) is 2.16. The minimum Gasteiger partial charge on any atom is -0.744 e. The van der Waals surface area contributed by atoms with Gasteiger partial charge >= 0.3 is 0 Å². The van der Waals surface area contributed by atoms with Gasteiger partial charge in [-0.15, -0.1) is 0 Å². The van der Waals surface area contributed by atoms with Crippen LogP contribution in [0.3, 0.4) is 0 Å². The van der Waals surface area contributed by atoms with Crippen molar-refractivity contribution < 1.29 is 36.6 Å². The van der Waals surface area contributed by atoms with E-state index in [4.69, 9.17) is 0 Å². The molecule has 2 aliphatic heterocycles. The first-order valence-electron chi connectivity index (χ1n) is 11.9. The quantitative estimate of drug-likeness (QED) is 0.340. The number of pyridine rings is 2. The molecular formula is C28H28N4O6S2. The van der Waals surface area contributed by atoms with Crippen LogP contribution in [0.2, 0.25) is 0 Å². The molecule has 0 unspecified atom stereocenters. The SMILES string of the molecule is C1=Cc2cccnc2[NH2+]1.C1=Cc2cccnc2[NH2+]1.Cc1ccc(S(=O)(=O)[O-])cc1.Cc1ccc(S(=O)(=O)[O-])cc1. The fourth-order valence-electron chi connectivity index (χ4n) is 3.32. The van der Waals surface area contributed by atoms with Gasteiger partial charge < -0.3 is 9.11 Å². The van der Waals surface area contributed by atoms with Gasteiger partial charge in [-0.2, -0.15) is 0 Å². The molecule has 12 heteroatoms. The average molecular weight is 581 g/mol.